The van der Waals surface area contributed by atoms with Gasteiger partial charge in [-0.05, 0) is 54.6 Å². The number of hydrogen-bond donors (Lipinski definition) is 0. The summed E-state index contributed by atoms with van der Waals surface area (Å²) in [6.45, 7) is 1.40. The lowest BCUT2D eigenvalue weighted by molar-refractivity contribution is 0.383. The van der Waals surface area contributed by atoms with E-state index in [9.17, 15) is 17.6 Å². The molecule has 1 aliphatic heterocycles. The Balaban J connectivity index is 1.52. The number of nitrogens with zero attached hydrogens (tertiary/aromatic N) is 4. The van der Waals surface area contributed by atoms with Crippen LogP contribution in [0.5, 0.6) is 0 Å². The van der Waals surface area contributed by atoms with Crippen molar-refractivity contribution < 1.29 is 12.8 Å². The molecule has 1 saturated heterocycles. The van der Waals surface area contributed by atoms with E-state index in [1.807, 2.05) is 4.90 Å². The van der Waals surface area contributed by atoms with Gasteiger partial charge in [0.15, 0.2) is 0 Å². The summed E-state index contributed by atoms with van der Waals surface area (Å²) in [5, 5.41) is 4.85. The average Bonchev–Trinajstić information content (AvgIpc) is 2.75. The first kappa shape index (κ1) is 20.5. The van der Waals surface area contributed by atoms with Gasteiger partial charge in [0.1, 0.15) is 11.6 Å². The number of hydrogen-bond acceptors (Lipinski definition) is 5. The Morgan fingerprint density at radius 2 is 1.50 bits per heavy atom. The highest BCUT2D eigenvalue weighted by atomic mass is 35.5. The van der Waals surface area contributed by atoms with Crippen LogP contribution in [0.4, 0.5) is 10.2 Å². The van der Waals surface area contributed by atoms with Crippen molar-refractivity contribution in [2.24, 2.45) is 0 Å². The van der Waals surface area contributed by atoms with Crippen LogP contribution in [0.1, 0.15) is 0 Å². The lowest BCUT2D eigenvalue weighted by Gasteiger charge is -2.34. The number of anilines is 1. The number of benzene rings is 2. The van der Waals surface area contributed by atoms with Gasteiger partial charge in [-0.3, -0.25) is 4.79 Å². The van der Waals surface area contributed by atoms with E-state index >= 15 is 0 Å². The van der Waals surface area contributed by atoms with E-state index in [2.05, 4.69) is 5.10 Å². The first-order valence-corrected chi connectivity index (χ1v) is 11.0. The van der Waals surface area contributed by atoms with Gasteiger partial charge in [-0.15, -0.1) is 5.10 Å². The Kier molecular flexibility index (Phi) is 5.59. The summed E-state index contributed by atoms with van der Waals surface area (Å²) in [5.41, 5.74) is 0.113. The largest absolute Gasteiger partial charge is 0.353 e. The molecule has 3 aromatic rings. The molecule has 1 fully saturated rings. The summed E-state index contributed by atoms with van der Waals surface area (Å²) in [5.74, 6) is 0.142. The van der Waals surface area contributed by atoms with Gasteiger partial charge in [0, 0.05) is 37.3 Å². The monoisotopic (exact) mass is 448 g/mol. The molecule has 0 N–H and O–H groups in total. The molecule has 2 aromatic carbocycles. The van der Waals surface area contributed by atoms with E-state index in [0.717, 1.165) is 0 Å². The molecule has 0 saturated carbocycles. The van der Waals surface area contributed by atoms with Crippen LogP contribution in [0.25, 0.3) is 5.69 Å². The maximum Gasteiger partial charge on any atom is 0.271 e. The van der Waals surface area contributed by atoms with Gasteiger partial charge >= 0.3 is 0 Å². The minimum absolute atomic E-state index is 0.198. The zero-order chi connectivity index (χ0) is 21.3. The van der Waals surface area contributed by atoms with Gasteiger partial charge in [-0.2, -0.15) is 8.99 Å². The summed E-state index contributed by atoms with van der Waals surface area (Å²) in [7, 11) is -3.61. The van der Waals surface area contributed by atoms with Crippen LogP contribution in [0.2, 0.25) is 5.02 Å². The van der Waals surface area contributed by atoms with Gasteiger partial charge in [-0.25, -0.2) is 12.8 Å². The lowest BCUT2D eigenvalue weighted by Crippen LogP contribution is -2.49. The van der Waals surface area contributed by atoms with E-state index in [1.54, 1.807) is 18.2 Å². The van der Waals surface area contributed by atoms with Crippen molar-refractivity contribution in [2.45, 2.75) is 4.90 Å². The molecule has 0 atom stereocenters. The first-order chi connectivity index (χ1) is 14.3. The van der Waals surface area contributed by atoms with E-state index in [0.29, 0.717) is 29.6 Å². The fraction of sp³-hybridized carbons (Fsp3) is 0.200. The number of piperazine rings is 1. The molecule has 30 heavy (non-hydrogen) atoms. The van der Waals surface area contributed by atoms with Gasteiger partial charge in [-0.1, -0.05) is 11.6 Å². The molecule has 0 spiro atoms. The second-order valence-corrected chi connectivity index (χ2v) is 9.14. The molecule has 1 aliphatic rings. The van der Waals surface area contributed by atoms with E-state index in [4.69, 9.17) is 11.6 Å². The molecule has 0 unspecified atom stereocenters. The summed E-state index contributed by atoms with van der Waals surface area (Å²) in [6, 6.07) is 14.5. The number of rotatable bonds is 4. The van der Waals surface area contributed by atoms with Crippen molar-refractivity contribution >= 4 is 27.4 Å². The van der Waals surface area contributed by atoms with Crippen molar-refractivity contribution in [2.75, 3.05) is 31.1 Å². The minimum Gasteiger partial charge on any atom is -0.353 e. The van der Waals surface area contributed by atoms with Crippen LogP contribution in [0, 0.1) is 5.82 Å². The van der Waals surface area contributed by atoms with Gasteiger partial charge in [0.2, 0.25) is 10.0 Å². The third kappa shape index (κ3) is 4.09. The summed E-state index contributed by atoms with van der Waals surface area (Å²) in [4.78, 5) is 14.3. The number of halogens is 2. The predicted octanol–water partition coefficient (Wildman–Crippen LogP) is 2.54. The SMILES string of the molecule is O=c1ccc(N2CCN(S(=O)(=O)c3ccc(Cl)cc3)CC2)nn1-c1ccc(F)cc1. The van der Waals surface area contributed by atoms with Crippen molar-refractivity contribution in [3.05, 3.63) is 81.9 Å². The highest BCUT2D eigenvalue weighted by Gasteiger charge is 2.29. The Morgan fingerprint density at radius 3 is 2.13 bits per heavy atom. The van der Waals surface area contributed by atoms with Crippen LogP contribution >= 0.6 is 11.6 Å². The summed E-state index contributed by atoms with van der Waals surface area (Å²) >= 11 is 5.85. The molecule has 0 bridgehead atoms. The van der Waals surface area contributed by atoms with Crippen LogP contribution in [0.15, 0.2) is 70.4 Å². The van der Waals surface area contributed by atoms with Gasteiger partial charge < -0.3 is 4.90 Å². The van der Waals surface area contributed by atoms with E-state index in [1.165, 1.54) is 51.5 Å². The van der Waals surface area contributed by atoms with Crippen LogP contribution in [0.3, 0.4) is 0 Å². The van der Waals surface area contributed by atoms with Crippen LogP contribution in [-0.2, 0) is 10.0 Å². The quantitative estimate of drug-likeness (QED) is 0.613. The molecule has 0 amide bonds. The molecule has 1 aromatic heterocycles. The highest BCUT2D eigenvalue weighted by molar-refractivity contribution is 7.89. The zero-order valence-corrected chi connectivity index (χ0v) is 17.4. The maximum atomic E-state index is 13.2. The summed E-state index contributed by atoms with van der Waals surface area (Å²) in [6.07, 6.45) is 0. The molecule has 0 radical (unpaired) electrons. The fourth-order valence-corrected chi connectivity index (χ4v) is 4.80. The Morgan fingerprint density at radius 1 is 0.867 bits per heavy atom. The Labute approximate surface area is 178 Å². The Bertz CT molecular complexity index is 1210. The average molecular weight is 449 g/mol. The first-order valence-electron chi connectivity index (χ1n) is 9.21. The molecule has 2 heterocycles. The van der Waals surface area contributed by atoms with Crippen LogP contribution in [-0.4, -0.2) is 48.7 Å². The maximum absolute atomic E-state index is 13.2. The van der Waals surface area contributed by atoms with Crippen molar-refractivity contribution in [1.82, 2.24) is 14.1 Å². The van der Waals surface area contributed by atoms with Crippen molar-refractivity contribution in [3.8, 4) is 5.69 Å². The highest BCUT2D eigenvalue weighted by Crippen LogP contribution is 2.21. The Hall–Kier alpha value is -2.75. The third-order valence-electron chi connectivity index (χ3n) is 4.87. The smallest absolute Gasteiger partial charge is 0.271 e. The zero-order valence-electron chi connectivity index (χ0n) is 15.8. The van der Waals surface area contributed by atoms with E-state index < -0.39 is 15.8 Å². The van der Waals surface area contributed by atoms with E-state index in [-0.39, 0.29) is 23.5 Å². The standard InChI is InChI=1S/C20H18ClFN4O3S/c21-15-1-7-18(8-2-15)30(28,29)25-13-11-24(12-14-25)19-9-10-20(27)26(23-19)17-5-3-16(22)4-6-17/h1-10H,11-14H2. The second-order valence-electron chi connectivity index (χ2n) is 6.76. The molecular formula is C20H18ClFN4O3S. The number of aromatic nitrogens is 2. The molecule has 0 aliphatic carbocycles. The fourth-order valence-electron chi connectivity index (χ4n) is 3.25. The minimum atomic E-state index is -3.61. The topological polar surface area (TPSA) is 75.5 Å². The summed E-state index contributed by atoms with van der Waals surface area (Å²) < 4.78 is 41.4. The molecular weight excluding hydrogens is 431 g/mol. The normalized spacial score (nSPS) is 15.3. The second kappa shape index (κ2) is 8.17. The lowest BCUT2D eigenvalue weighted by atomic mass is 10.3. The number of sulfonamides is 1. The third-order valence-corrected chi connectivity index (χ3v) is 7.04. The predicted molar refractivity (Wildman–Crippen MR) is 112 cm³/mol. The van der Waals surface area contributed by atoms with Crippen LogP contribution < -0.4 is 10.5 Å². The molecule has 156 valence electrons. The molecule has 7 nitrogen and oxygen atoms in total. The van der Waals surface area contributed by atoms with Crippen molar-refractivity contribution in [3.63, 3.8) is 0 Å². The van der Waals surface area contributed by atoms with Gasteiger partial charge in [0.05, 0.1) is 10.6 Å². The molecule has 4 rings (SSSR count). The molecule has 10 heteroatoms. The van der Waals surface area contributed by atoms with Crippen molar-refractivity contribution in [1.29, 1.82) is 0 Å². The van der Waals surface area contributed by atoms with Gasteiger partial charge in [0.25, 0.3) is 5.56 Å².